The Hall–Kier alpha value is -0.640. The average Bonchev–Trinajstić information content (AvgIpc) is 2.35. The van der Waals surface area contributed by atoms with Crippen LogP contribution in [0.25, 0.3) is 0 Å². The zero-order chi connectivity index (χ0) is 12.3. The predicted octanol–water partition coefficient (Wildman–Crippen LogP) is 3.54. The summed E-state index contributed by atoms with van der Waals surface area (Å²) in [6.07, 6.45) is 3.27. The Kier molecular flexibility index (Phi) is 11.0. The van der Waals surface area contributed by atoms with Crippen molar-refractivity contribution in [1.29, 1.82) is 0 Å². The first-order chi connectivity index (χ1) is 8.34. The highest BCUT2D eigenvalue weighted by atomic mass is 35.5. The second-order valence-electron chi connectivity index (χ2n) is 4.09. The minimum absolute atomic E-state index is 0. The number of hydrogen-bond donors (Lipinski definition) is 1. The van der Waals surface area contributed by atoms with Crippen LogP contribution in [0.3, 0.4) is 0 Å². The third-order valence-corrected chi connectivity index (χ3v) is 2.56. The molecule has 0 fully saturated rings. The van der Waals surface area contributed by atoms with E-state index >= 15 is 0 Å². The Morgan fingerprint density at radius 3 is 2.61 bits per heavy atom. The van der Waals surface area contributed by atoms with Crippen LogP contribution in [0.15, 0.2) is 24.3 Å². The number of hydrogen-bond acceptors (Lipinski definition) is 2. The molecule has 4 heteroatoms. The minimum atomic E-state index is -0.140. The molecule has 18 heavy (non-hydrogen) atoms. The van der Waals surface area contributed by atoms with E-state index in [0.29, 0.717) is 6.54 Å². The lowest BCUT2D eigenvalue weighted by Gasteiger charge is -2.06. The van der Waals surface area contributed by atoms with Gasteiger partial charge in [-0.2, -0.15) is 0 Å². The number of nitrogens with one attached hydrogen (secondary N) is 1. The molecule has 0 saturated carbocycles. The molecule has 0 radical (unpaired) electrons. The van der Waals surface area contributed by atoms with Gasteiger partial charge in [0, 0.05) is 25.3 Å². The summed E-state index contributed by atoms with van der Waals surface area (Å²) in [6, 6.07) is 6.86. The van der Waals surface area contributed by atoms with E-state index < -0.39 is 0 Å². The van der Waals surface area contributed by atoms with Gasteiger partial charge in [-0.3, -0.25) is 0 Å². The number of ether oxygens (including phenoxy) is 1. The second kappa shape index (κ2) is 11.5. The quantitative estimate of drug-likeness (QED) is 0.696. The fraction of sp³-hybridized carbons (Fsp3) is 0.571. The largest absolute Gasteiger partial charge is 0.381 e. The fourth-order valence-corrected chi connectivity index (χ4v) is 1.51. The molecule has 0 unspecified atom stereocenters. The van der Waals surface area contributed by atoms with E-state index in [-0.39, 0.29) is 18.2 Å². The Balaban J connectivity index is 0.00000289. The van der Waals surface area contributed by atoms with Crippen molar-refractivity contribution >= 4 is 12.4 Å². The average molecular weight is 276 g/mol. The van der Waals surface area contributed by atoms with Crippen LogP contribution in [0.4, 0.5) is 4.39 Å². The maximum absolute atomic E-state index is 13.2. The highest BCUT2D eigenvalue weighted by molar-refractivity contribution is 5.85. The van der Waals surface area contributed by atoms with Crippen molar-refractivity contribution in [2.24, 2.45) is 0 Å². The van der Waals surface area contributed by atoms with E-state index in [0.717, 1.165) is 38.2 Å². The number of rotatable bonds is 9. The molecule has 0 atom stereocenters. The number of halogens is 2. The van der Waals surface area contributed by atoms with Gasteiger partial charge in [-0.25, -0.2) is 4.39 Å². The Bertz CT molecular complexity index is 310. The van der Waals surface area contributed by atoms with Gasteiger partial charge in [-0.1, -0.05) is 31.5 Å². The summed E-state index contributed by atoms with van der Waals surface area (Å²) in [5.74, 6) is -0.140. The summed E-state index contributed by atoms with van der Waals surface area (Å²) in [6.45, 7) is 5.23. The molecule has 0 saturated heterocycles. The molecule has 1 aromatic carbocycles. The monoisotopic (exact) mass is 275 g/mol. The predicted molar refractivity (Wildman–Crippen MR) is 75.7 cm³/mol. The van der Waals surface area contributed by atoms with Gasteiger partial charge >= 0.3 is 0 Å². The zero-order valence-electron chi connectivity index (χ0n) is 11.0. The molecule has 0 amide bonds. The number of unbranched alkanes of at least 4 members (excludes halogenated alkanes) is 1. The van der Waals surface area contributed by atoms with Crippen molar-refractivity contribution in [2.75, 3.05) is 19.8 Å². The van der Waals surface area contributed by atoms with Gasteiger partial charge in [0.2, 0.25) is 0 Å². The molecule has 0 bridgehead atoms. The topological polar surface area (TPSA) is 21.3 Å². The summed E-state index contributed by atoms with van der Waals surface area (Å²) in [4.78, 5) is 0. The molecule has 1 rings (SSSR count). The third kappa shape index (κ3) is 7.64. The first-order valence-corrected chi connectivity index (χ1v) is 6.36. The first kappa shape index (κ1) is 17.4. The first-order valence-electron chi connectivity index (χ1n) is 6.36. The molecular weight excluding hydrogens is 253 g/mol. The molecule has 0 aliphatic heterocycles. The highest BCUT2D eigenvalue weighted by Gasteiger charge is 1.98. The summed E-state index contributed by atoms with van der Waals surface area (Å²) in [5.41, 5.74) is 0.722. The third-order valence-electron chi connectivity index (χ3n) is 2.56. The van der Waals surface area contributed by atoms with Crippen LogP contribution in [0, 0.1) is 5.82 Å². The van der Waals surface area contributed by atoms with Crippen molar-refractivity contribution in [3.05, 3.63) is 35.6 Å². The van der Waals surface area contributed by atoms with Crippen molar-refractivity contribution < 1.29 is 9.13 Å². The molecular formula is C14H23ClFNO. The Morgan fingerprint density at radius 1 is 1.17 bits per heavy atom. The van der Waals surface area contributed by atoms with Crippen LogP contribution in [-0.4, -0.2) is 19.8 Å². The summed E-state index contributed by atoms with van der Waals surface area (Å²) in [7, 11) is 0. The molecule has 0 aromatic heterocycles. The minimum Gasteiger partial charge on any atom is -0.381 e. The lowest BCUT2D eigenvalue weighted by atomic mass is 10.2. The van der Waals surface area contributed by atoms with Crippen LogP contribution in [-0.2, 0) is 11.3 Å². The van der Waals surface area contributed by atoms with Gasteiger partial charge < -0.3 is 10.1 Å². The molecule has 1 N–H and O–H groups in total. The zero-order valence-corrected chi connectivity index (χ0v) is 11.8. The fourth-order valence-electron chi connectivity index (χ4n) is 1.51. The van der Waals surface area contributed by atoms with Gasteiger partial charge in [0.1, 0.15) is 5.82 Å². The Labute approximate surface area is 115 Å². The van der Waals surface area contributed by atoms with Crippen molar-refractivity contribution in [2.45, 2.75) is 32.7 Å². The molecule has 1 aromatic rings. The van der Waals surface area contributed by atoms with Gasteiger partial charge in [0.25, 0.3) is 0 Å². The van der Waals surface area contributed by atoms with Crippen LogP contribution >= 0.6 is 12.4 Å². The van der Waals surface area contributed by atoms with E-state index in [1.54, 1.807) is 12.1 Å². The van der Waals surface area contributed by atoms with Crippen molar-refractivity contribution in [3.63, 3.8) is 0 Å². The summed E-state index contributed by atoms with van der Waals surface area (Å²) < 4.78 is 18.7. The Morgan fingerprint density at radius 2 is 1.89 bits per heavy atom. The van der Waals surface area contributed by atoms with E-state index in [1.165, 1.54) is 12.5 Å². The van der Waals surface area contributed by atoms with Crippen LogP contribution < -0.4 is 5.32 Å². The van der Waals surface area contributed by atoms with E-state index in [1.807, 2.05) is 6.07 Å². The number of benzene rings is 1. The van der Waals surface area contributed by atoms with Gasteiger partial charge in [0.15, 0.2) is 0 Å². The van der Waals surface area contributed by atoms with E-state index in [4.69, 9.17) is 4.74 Å². The standard InChI is InChI=1S/C14H22FNO.ClH/c1-2-3-10-17-11-6-9-16-12-13-7-4-5-8-14(13)15;/h4-5,7-8,16H,2-3,6,9-12H2,1H3;1H. The van der Waals surface area contributed by atoms with E-state index in [9.17, 15) is 4.39 Å². The second-order valence-corrected chi connectivity index (χ2v) is 4.09. The molecule has 0 aliphatic carbocycles. The molecule has 2 nitrogen and oxygen atoms in total. The lowest BCUT2D eigenvalue weighted by molar-refractivity contribution is 0.128. The van der Waals surface area contributed by atoms with Crippen LogP contribution in [0.2, 0.25) is 0 Å². The summed E-state index contributed by atoms with van der Waals surface area (Å²) >= 11 is 0. The van der Waals surface area contributed by atoms with Gasteiger partial charge in [-0.15, -0.1) is 12.4 Å². The van der Waals surface area contributed by atoms with E-state index in [2.05, 4.69) is 12.2 Å². The molecule has 0 spiro atoms. The molecule has 0 heterocycles. The molecule has 0 aliphatic rings. The molecule has 104 valence electrons. The summed E-state index contributed by atoms with van der Waals surface area (Å²) in [5, 5.41) is 3.21. The highest BCUT2D eigenvalue weighted by Crippen LogP contribution is 2.05. The van der Waals surface area contributed by atoms with Gasteiger partial charge in [-0.05, 0) is 25.5 Å². The maximum atomic E-state index is 13.2. The van der Waals surface area contributed by atoms with Crippen molar-refractivity contribution in [3.8, 4) is 0 Å². The smallest absolute Gasteiger partial charge is 0.127 e. The lowest BCUT2D eigenvalue weighted by Crippen LogP contribution is -2.17. The maximum Gasteiger partial charge on any atom is 0.127 e. The SMILES string of the molecule is CCCCOCCCNCc1ccccc1F.Cl. The van der Waals surface area contributed by atoms with Crippen LogP contribution in [0.5, 0.6) is 0 Å². The normalized spacial score (nSPS) is 10.1. The van der Waals surface area contributed by atoms with Gasteiger partial charge in [0.05, 0.1) is 0 Å². The van der Waals surface area contributed by atoms with Crippen LogP contribution in [0.1, 0.15) is 31.7 Å². The van der Waals surface area contributed by atoms with Crippen molar-refractivity contribution in [1.82, 2.24) is 5.32 Å².